The van der Waals surface area contributed by atoms with Gasteiger partial charge in [-0.1, -0.05) is 89.1 Å². The first-order chi connectivity index (χ1) is 16.5. The first kappa shape index (κ1) is 24.4. The molecular weight excluding hydrogens is 448 g/mol. The van der Waals surface area contributed by atoms with Crippen LogP contribution in [0.2, 0.25) is 5.02 Å². The minimum Gasteiger partial charge on any atom is -0.390 e. The lowest BCUT2D eigenvalue weighted by molar-refractivity contribution is -0.00648. The molecule has 0 aliphatic carbocycles. The zero-order chi connectivity index (χ0) is 23.8. The molecule has 6 heteroatoms. The van der Waals surface area contributed by atoms with Crippen LogP contribution in [-0.2, 0) is 22.7 Å². The van der Waals surface area contributed by atoms with Crippen LogP contribution in [0, 0.1) is 6.92 Å². The number of hydrogen-bond acceptors (Lipinski definition) is 5. The molecule has 178 valence electrons. The highest BCUT2D eigenvalue weighted by Crippen LogP contribution is 2.20. The maximum absolute atomic E-state index is 10.7. The van der Waals surface area contributed by atoms with Crippen LogP contribution < -0.4 is 0 Å². The molecule has 1 aliphatic heterocycles. The quantitative estimate of drug-likeness (QED) is 0.410. The van der Waals surface area contributed by atoms with Gasteiger partial charge in [-0.25, -0.2) is 0 Å². The van der Waals surface area contributed by atoms with Gasteiger partial charge in [-0.3, -0.25) is 4.90 Å². The Morgan fingerprint density at radius 1 is 1.06 bits per heavy atom. The number of aliphatic hydroxyl groups is 1. The lowest BCUT2D eigenvalue weighted by Crippen LogP contribution is -2.39. The van der Waals surface area contributed by atoms with E-state index in [0.29, 0.717) is 31.3 Å². The molecule has 0 saturated carbocycles. The molecule has 2 atom stereocenters. The molecule has 0 amide bonds. The zero-order valence-corrected chi connectivity index (χ0v) is 20.2. The predicted molar refractivity (Wildman–Crippen MR) is 136 cm³/mol. The van der Waals surface area contributed by atoms with Crippen molar-refractivity contribution in [2.24, 2.45) is 5.16 Å². The topological polar surface area (TPSA) is 54.3 Å². The maximum atomic E-state index is 10.7. The molecule has 4 rings (SSSR count). The molecule has 0 aromatic heterocycles. The second-order valence-corrected chi connectivity index (χ2v) is 9.25. The molecule has 0 spiro atoms. The summed E-state index contributed by atoms with van der Waals surface area (Å²) in [5.41, 5.74) is 5.44. The molecule has 3 aromatic rings. The van der Waals surface area contributed by atoms with E-state index in [2.05, 4.69) is 41.2 Å². The van der Waals surface area contributed by atoms with Crippen molar-refractivity contribution in [1.82, 2.24) is 4.90 Å². The fraction of sp³-hybridized carbons (Fsp3) is 0.321. The van der Waals surface area contributed by atoms with Crippen molar-refractivity contribution in [3.63, 3.8) is 0 Å². The van der Waals surface area contributed by atoms with Crippen LogP contribution in [0.3, 0.4) is 0 Å². The van der Waals surface area contributed by atoms with Gasteiger partial charge in [-0.05, 0) is 35.7 Å². The van der Waals surface area contributed by atoms with Gasteiger partial charge < -0.3 is 14.7 Å². The highest BCUT2D eigenvalue weighted by molar-refractivity contribution is 6.30. The second kappa shape index (κ2) is 12.1. The highest BCUT2D eigenvalue weighted by Gasteiger charge is 2.26. The number of aryl methyl sites for hydroxylation is 1. The van der Waals surface area contributed by atoms with Crippen molar-refractivity contribution < 1.29 is 14.7 Å². The van der Waals surface area contributed by atoms with Gasteiger partial charge in [0.15, 0.2) is 0 Å². The summed E-state index contributed by atoms with van der Waals surface area (Å²) < 4.78 is 5.75. The molecule has 5 nitrogen and oxygen atoms in total. The first-order valence-electron chi connectivity index (χ1n) is 11.6. The van der Waals surface area contributed by atoms with Crippen molar-refractivity contribution in [2.75, 3.05) is 19.7 Å². The van der Waals surface area contributed by atoms with Gasteiger partial charge in [0.2, 0.25) is 0 Å². The summed E-state index contributed by atoms with van der Waals surface area (Å²) >= 11 is 6.20. The molecule has 0 bridgehead atoms. The lowest BCUT2D eigenvalue weighted by Gasteiger charge is -2.27. The number of nitrogens with zero attached hydrogens (tertiary/aromatic N) is 2. The average molecular weight is 479 g/mol. The fourth-order valence-corrected chi connectivity index (χ4v) is 4.28. The summed E-state index contributed by atoms with van der Waals surface area (Å²) in [7, 11) is 0. The fourth-order valence-electron chi connectivity index (χ4n) is 4.07. The third-order valence-corrected chi connectivity index (χ3v) is 6.00. The number of aliphatic hydroxyl groups excluding tert-OH is 1. The van der Waals surface area contributed by atoms with E-state index in [-0.39, 0.29) is 12.7 Å². The maximum Gasteiger partial charge on any atom is 0.145 e. The molecule has 0 saturated heterocycles. The Kier molecular flexibility index (Phi) is 8.72. The molecule has 0 fully saturated rings. The predicted octanol–water partition coefficient (Wildman–Crippen LogP) is 5.22. The zero-order valence-electron chi connectivity index (χ0n) is 19.4. The molecule has 1 heterocycles. The van der Waals surface area contributed by atoms with E-state index in [4.69, 9.17) is 21.2 Å². The van der Waals surface area contributed by atoms with Crippen LogP contribution >= 0.6 is 11.6 Å². The van der Waals surface area contributed by atoms with Crippen molar-refractivity contribution >= 4 is 17.3 Å². The summed E-state index contributed by atoms with van der Waals surface area (Å²) in [6.07, 6.45) is 0.0325. The minimum atomic E-state index is -0.623. The molecule has 1 N–H and O–H groups in total. The van der Waals surface area contributed by atoms with Crippen LogP contribution in [0.15, 0.2) is 84.0 Å². The monoisotopic (exact) mass is 478 g/mol. The number of halogens is 1. The van der Waals surface area contributed by atoms with E-state index >= 15 is 0 Å². The summed E-state index contributed by atoms with van der Waals surface area (Å²) in [6.45, 7) is 4.56. The van der Waals surface area contributed by atoms with Gasteiger partial charge >= 0.3 is 0 Å². The molecular formula is C28H31ClN2O3. The van der Waals surface area contributed by atoms with E-state index in [9.17, 15) is 5.11 Å². The number of rotatable bonds is 11. The van der Waals surface area contributed by atoms with Gasteiger partial charge in [-0.2, -0.15) is 0 Å². The van der Waals surface area contributed by atoms with Crippen LogP contribution in [0.5, 0.6) is 0 Å². The third kappa shape index (κ3) is 7.40. The normalized spacial score (nSPS) is 16.4. The van der Waals surface area contributed by atoms with E-state index < -0.39 is 6.10 Å². The first-order valence-corrected chi connectivity index (χ1v) is 12.0. The highest BCUT2D eigenvalue weighted by atomic mass is 35.5. The Balaban J connectivity index is 1.34. The number of ether oxygens (including phenoxy) is 1. The SMILES string of the molecule is Cc1ccc(C2=NOC(CN(Cc3cccc(Cl)c3)CC(O)COCc3ccccc3)C2)cc1. The van der Waals surface area contributed by atoms with Crippen molar-refractivity contribution in [3.05, 3.63) is 106 Å². The molecule has 3 aromatic carbocycles. The van der Waals surface area contributed by atoms with Gasteiger partial charge in [0.1, 0.15) is 6.10 Å². The van der Waals surface area contributed by atoms with Gasteiger partial charge in [0.25, 0.3) is 0 Å². The van der Waals surface area contributed by atoms with Crippen LogP contribution in [0.25, 0.3) is 0 Å². The number of oxime groups is 1. The lowest BCUT2D eigenvalue weighted by atomic mass is 10.0. The Morgan fingerprint density at radius 3 is 2.59 bits per heavy atom. The van der Waals surface area contributed by atoms with E-state index in [1.54, 1.807) is 0 Å². The standard InChI is InChI=1S/C28H31ClN2O3/c1-21-10-12-24(13-11-21)28-15-27(34-30-28)18-31(16-23-8-5-9-25(29)14-23)17-26(32)20-33-19-22-6-3-2-4-7-22/h2-14,26-27,32H,15-20H2,1H3. The van der Waals surface area contributed by atoms with Crippen LogP contribution in [-0.4, -0.2) is 47.6 Å². The number of benzene rings is 3. The molecule has 34 heavy (non-hydrogen) atoms. The second-order valence-electron chi connectivity index (χ2n) is 8.81. The Hall–Kier alpha value is -2.70. The summed E-state index contributed by atoms with van der Waals surface area (Å²) in [5, 5.41) is 15.7. The van der Waals surface area contributed by atoms with E-state index in [1.807, 2.05) is 54.6 Å². The van der Waals surface area contributed by atoms with Gasteiger partial charge in [0, 0.05) is 31.1 Å². The summed E-state index contributed by atoms with van der Waals surface area (Å²) in [4.78, 5) is 7.95. The minimum absolute atomic E-state index is 0.0760. The van der Waals surface area contributed by atoms with Gasteiger partial charge in [0.05, 0.1) is 25.0 Å². The van der Waals surface area contributed by atoms with Crippen molar-refractivity contribution in [1.29, 1.82) is 0 Å². The Bertz CT molecular complexity index is 1070. The van der Waals surface area contributed by atoms with Crippen LogP contribution in [0.4, 0.5) is 0 Å². The van der Waals surface area contributed by atoms with Crippen molar-refractivity contribution in [3.8, 4) is 0 Å². The molecule has 0 radical (unpaired) electrons. The summed E-state index contributed by atoms with van der Waals surface area (Å²) in [6, 6.07) is 26.1. The van der Waals surface area contributed by atoms with E-state index in [1.165, 1.54) is 5.56 Å². The van der Waals surface area contributed by atoms with Crippen molar-refractivity contribution in [2.45, 2.75) is 38.7 Å². The number of hydrogen-bond donors (Lipinski definition) is 1. The Morgan fingerprint density at radius 2 is 1.82 bits per heavy atom. The Labute approximate surface area is 206 Å². The molecule has 1 aliphatic rings. The summed E-state index contributed by atoms with van der Waals surface area (Å²) in [5.74, 6) is 0. The van der Waals surface area contributed by atoms with E-state index in [0.717, 1.165) is 28.8 Å². The van der Waals surface area contributed by atoms with Gasteiger partial charge in [-0.15, -0.1) is 0 Å². The molecule has 2 unspecified atom stereocenters. The third-order valence-electron chi connectivity index (χ3n) is 5.77. The van der Waals surface area contributed by atoms with Crippen LogP contribution in [0.1, 0.15) is 28.7 Å². The largest absolute Gasteiger partial charge is 0.390 e. The average Bonchev–Trinajstić information content (AvgIpc) is 3.28. The smallest absolute Gasteiger partial charge is 0.145 e.